The first-order valence-electron chi connectivity index (χ1n) is 12.5. The van der Waals surface area contributed by atoms with Gasteiger partial charge in [-0.3, -0.25) is 9.78 Å². The molecule has 1 amide bonds. The lowest BCUT2D eigenvalue weighted by Crippen LogP contribution is -2.32. The van der Waals surface area contributed by atoms with Gasteiger partial charge in [0.2, 0.25) is 0 Å². The van der Waals surface area contributed by atoms with Crippen LogP contribution in [0.2, 0.25) is 0 Å². The smallest absolute Gasteiger partial charge is 0.252 e. The van der Waals surface area contributed by atoms with E-state index in [4.69, 9.17) is 5.73 Å². The summed E-state index contributed by atoms with van der Waals surface area (Å²) >= 11 is 0. The monoisotopic (exact) mass is 514 g/mol. The molecule has 0 radical (unpaired) electrons. The molecule has 194 valence electrons. The van der Waals surface area contributed by atoms with E-state index in [1.54, 1.807) is 12.3 Å². The summed E-state index contributed by atoms with van der Waals surface area (Å²) in [7, 11) is 0. The maximum Gasteiger partial charge on any atom is 0.252 e. The number of primary amides is 1. The summed E-state index contributed by atoms with van der Waals surface area (Å²) < 4.78 is 27.6. The zero-order valence-corrected chi connectivity index (χ0v) is 20.7. The second kappa shape index (κ2) is 11.2. The van der Waals surface area contributed by atoms with Gasteiger partial charge in [0, 0.05) is 49.3 Å². The largest absolute Gasteiger partial charge is 0.380 e. The van der Waals surface area contributed by atoms with Crippen LogP contribution in [0.5, 0.6) is 0 Å². The second-order valence-electron chi connectivity index (χ2n) is 9.27. The average Bonchev–Trinajstić information content (AvgIpc) is 2.95. The molecule has 5 rings (SSSR count). The van der Waals surface area contributed by atoms with Crippen molar-refractivity contribution in [3.8, 4) is 0 Å². The highest BCUT2D eigenvalue weighted by Crippen LogP contribution is 2.31. The van der Waals surface area contributed by atoms with Crippen molar-refractivity contribution < 1.29 is 13.6 Å². The molecule has 2 aromatic carbocycles. The van der Waals surface area contributed by atoms with Crippen LogP contribution in [0.25, 0.3) is 0 Å². The van der Waals surface area contributed by atoms with Crippen LogP contribution in [0, 0.1) is 11.6 Å². The molecule has 0 saturated carbocycles. The van der Waals surface area contributed by atoms with E-state index in [1.807, 2.05) is 24.4 Å². The summed E-state index contributed by atoms with van der Waals surface area (Å²) in [6, 6.07) is 17.9. The summed E-state index contributed by atoms with van der Waals surface area (Å²) in [5.41, 5.74) is 9.43. The summed E-state index contributed by atoms with van der Waals surface area (Å²) in [6.07, 6.45) is 7.20. The molecule has 1 fully saturated rings. The van der Waals surface area contributed by atoms with Crippen molar-refractivity contribution in [2.75, 3.05) is 28.6 Å². The SMILES string of the molecule is NC(=O)c1cnc(Nc2ccc(C3CCN(c4cccnc4)CC3)cc2)cc1NCc1cccc(F)c1F. The quantitative estimate of drug-likeness (QED) is 0.284. The van der Waals surface area contributed by atoms with Gasteiger partial charge in [-0.2, -0.15) is 0 Å². The highest BCUT2D eigenvalue weighted by molar-refractivity contribution is 5.98. The molecule has 9 heteroatoms. The Labute approximate surface area is 219 Å². The van der Waals surface area contributed by atoms with Gasteiger partial charge in [-0.1, -0.05) is 24.3 Å². The number of amides is 1. The van der Waals surface area contributed by atoms with Gasteiger partial charge in [-0.05, 0) is 54.7 Å². The molecule has 38 heavy (non-hydrogen) atoms. The van der Waals surface area contributed by atoms with E-state index in [0.717, 1.165) is 43.4 Å². The Kier molecular flexibility index (Phi) is 7.44. The van der Waals surface area contributed by atoms with E-state index in [-0.39, 0.29) is 17.7 Å². The number of halogens is 2. The van der Waals surface area contributed by atoms with E-state index >= 15 is 0 Å². The molecule has 4 aromatic rings. The summed E-state index contributed by atoms with van der Waals surface area (Å²) in [5, 5.41) is 6.21. The maximum atomic E-state index is 14.1. The van der Waals surface area contributed by atoms with Crippen LogP contribution >= 0.6 is 0 Å². The Morgan fingerprint density at radius 1 is 1.03 bits per heavy atom. The first-order chi connectivity index (χ1) is 18.5. The average molecular weight is 515 g/mol. The highest BCUT2D eigenvalue weighted by atomic mass is 19.2. The van der Waals surface area contributed by atoms with E-state index in [1.165, 1.54) is 23.9 Å². The molecule has 1 aliphatic rings. The van der Waals surface area contributed by atoms with Crippen molar-refractivity contribution in [3.63, 3.8) is 0 Å². The fourth-order valence-electron chi connectivity index (χ4n) is 4.74. The minimum absolute atomic E-state index is 0.0262. The third-order valence-corrected chi connectivity index (χ3v) is 6.83. The minimum Gasteiger partial charge on any atom is -0.380 e. The normalized spacial score (nSPS) is 13.8. The molecule has 4 N–H and O–H groups in total. The number of pyridine rings is 2. The second-order valence-corrected chi connectivity index (χ2v) is 9.27. The first-order valence-corrected chi connectivity index (χ1v) is 12.5. The van der Waals surface area contributed by atoms with Crippen molar-refractivity contribution in [2.24, 2.45) is 5.73 Å². The molecule has 1 saturated heterocycles. The number of nitrogens with two attached hydrogens (primary N) is 1. The van der Waals surface area contributed by atoms with Crippen LogP contribution in [-0.2, 0) is 6.54 Å². The number of anilines is 4. The van der Waals surface area contributed by atoms with Gasteiger partial charge >= 0.3 is 0 Å². The molecular formula is C29H28F2N6O. The topological polar surface area (TPSA) is 96.2 Å². The van der Waals surface area contributed by atoms with Crippen LogP contribution in [0.3, 0.4) is 0 Å². The van der Waals surface area contributed by atoms with Crippen molar-refractivity contribution in [3.05, 3.63) is 108 Å². The summed E-state index contributed by atoms with van der Waals surface area (Å²) in [4.78, 5) is 22.8. The zero-order valence-electron chi connectivity index (χ0n) is 20.7. The Bertz CT molecular complexity index is 1410. The van der Waals surface area contributed by atoms with Gasteiger partial charge in [0.15, 0.2) is 11.6 Å². The Balaban J connectivity index is 1.24. The minimum atomic E-state index is -0.934. The molecule has 2 aromatic heterocycles. The van der Waals surface area contributed by atoms with E-state index in [9.17, 15) is 13.6 Å². The lowest BCUT2D eigenvalue weighted by atomic mass is 9.89. The lowest BCUT2D eigenvalue weighted by molar-refractivity contribution is 0.100. The number of carbonyl (C=O) groups is 1. The van der Waals surface area contributed by atoms with E-state index in [0.29, 0.717) is 17.4 Å². The highest BCUT2D eigenvalue weighted by Gasteiger charge is 2.21. The van der Waals surface area contributed by atoms with Crippen molar-refractivity contribution in [1.82, 2.24) is 9.97 Å². The molecule has 7 nitrogen and oxygen atoms in total. The number of carbonyl (C=O) groups excluding carboxylic acids is 1. The number of rotatable bonds is 8. The third-order valence-electron chi connectivity index (χ3n) is 6.83. The Hall–Kier alpha value is -4.53. The van der Waals surface area contributed by atoms with Crippen LogP contribution in [-0.4, -0.2) is 29.0 Å². The lowest BCUT2D eigenvalue weighted by Gasteiger charge is -2.33. The van der Waals surface area contributed by atoms with E-state index in [2.05, 4.69) is 43.7 Å². The van der Waals surface area contributed by atoms with Crippen molar-refractivity contribution in [2.45, 2.75) is 25.3 Å². The van der Waals surface area contributed by atoms with Gasteiger partial charge < -0.3 is 21.3 Å². The van der Waals surface area contributed by atoms with Crippen LogP contribution in [0.1, 0.15) is 40.2 Å². The van der Waals surface area contributed by atoms with Gasteiger partial charge in [-0.15, -0.1) is 0 Å². The van der Waals surface area contributed by atoms with Gasteiger partial charge in [0.05, 0.1) is 23.1 Å². The Morgan fingerprint density at radius 2 is 1.82 bits per heavy atom. The predicted octanol–water partition coefficient (Wildman–Crippen LogP) is 5.59. The molecule has 0 aliphatic carbocycles. The summed E-state index contributed by atoms with van der Waals surface area (Å²) in [5.74, 6) is -1.57. The van der Waals surface area contributed by atoms with Crippen molar-refractivity contribution >= 4 is 28.8 Å². The molecule has 3 heterocycles. The van der Waals surface area contributed by atoms with Crippen LogP contribution < -0.4 is 21.3 Å². The van der Waals surface area contributed by atoms with Crippen molar-refractivity contribution in [1.29, 1.82) is 0 Å². The molecule has 0 atom stereocenters. The van der Waals surface area contributed by atoms with Crippen LogP contribution in [0.15, 0.2) is 79.3 Å². The zero-order chi connectivity index (χ0) is 26.5. The fraction of sp³-hybridized carbons (Fsp3) is 0.207. The summed E-state index contributed by atoms with van der Waals surface area (Å²) in [6.45, 7) is 1.95. The van der Waals surface area contributed by atoms with E-state index < -0.39 is 17.5 Å². The van der Waals surface area contributed by atoms with Gasteiger partial charge in [-0.25, -0.2) is 13.8 Å². The number of hydrogen-bond donors (Lipinski definition) is 3. The van der Waals surface area contributed by atoms with Gasteiger partial charge in [0.25, 0.3) is 5.91 Å². The Morgan fingerprint density at radius 3 is 2.53 bits per heavy atom. The molecule has 0 bridgehead atoms. The third kappa shape index (κ3) is 5.72. The molecule has 0 unspecified atom stereocenters. The molecular weight excluding hydrogens is 486 g/mol. The standard InChI is InChI=1S/C29H28F2N6O/c30-25-5-1-3-21(28(25)31)16-34-26-15-27(35-18-24(26)29(32)38)36-22-8-6-19(7-9-22)20-10-13-37(14-11-20)23-4-2-12-33-17-23/h1-9,12,15,17-18,20H,10-11,13-14,16H2,(H2,32,38)(H2,34,35,36). The molecule has 1 aliphatic heterocycles. The fourth-order valence-corrected chi connectivity index (χ4v) is 4.74. The maximum absolute atomic E-state index is 14.1. The first kappa shape index (κ1) is 25.1. The molecule has 0 spiro atoms. The number of nitrogens with one attached hydrogen (secondary N) is 2. The number of benzene rings is 2. The predicted molar refractivity (Wildman–Crippen MR) is 145 cm³/mol. The number of piperidine rings is 1. The number of aromatic nitrogens is 2. The number of hydrogen-bond acceptors (Lipinski definition) is 6. The van der Waals surface area contributed by atoms with Crippen LogP contribution in [0.4, 0.5) is 31.7 Å². The van der Waals surface area contributed by atoms with Gasteiger partial charge in [0.1, 0.15) is 5.82 Å². The number of nitrogens with zero attached hydrogens (tertiary/aromatic N) is 3.